The van der Waals surface area contributed by atoms with Gasteiger partial charge in [0.05, 0.1) is 0 Å². The molecule has 0 radical (unpaired) electrons. The number of esters is 1. The predicted octanol–water partition coefficient (Wildman–Crippen LogP) is 0.618. The summed E-state index contributed by atoms with van der Waals surface area (Å²) in [6, 6.07) is 8.85. The number of carbonyl (C=O) groups excluding carboxylic acids is 3. The van der Waals surface area contributed by atoms with Crippen LogP contribution in [0.1, 0.15) is 12.0 Å². The standard InChI is InChI=1S/C13H16N2O4/c1-14-13(18)15-11(16)9-19-12(17)8-7-10-5-3-2-4-6-10/h2-6H,7-9H2,1H3,(H2,14,15,16,18). The van der Waals surface area contributed by atoms with E-state index in [-0.39, 0.29) is 6.42 Å². The lowest BCUT2D eigenvalue weighted by atomic mass is 10.1. The summed E-state index contributed by atoms with van der Waals surface area (Å²) in [7, 11) is 1.38. The molecule has 102 valence electrons. The Kier molecular flexibility index (Phi) is 6.08. The normalized spacial score (nSPS) is 9.53. The number of amides is 3. The lowest BCUT2D eigenvalue weighted by molar-refractivity contribution is -0.148. The van der Waals surface area contributed by atoms with Crippen molar-refractivity contribution in [2.75, 3.05) is 13.7 Å². The van der Waals surface area contributed by atoms with Crippen LogP contribution in [0, 0.1) is 0 Å². The van der Waals surface area contributed by atoms with Crippen LogP contribution >= 0.6 is 0 Å². The zero-order chi connectivity index (χ0) is 14.1. The van der Waals surface area contributed by atoms with E-state index in [1.54, 1.807) is 0 Å². The van der Waals surface area contributed by atoms with Crippen molar-refractivity contribution in [3.05, 3.63) is 35.9 Å². The van der Waals surface area contributed by atoms with E-state index in [9.17, 15) is 14.4 Å². The molecule has 19 heavy (non-hydrogen) atoms. The Morgan fingerprint density at radius 3 is 2.47 bits per heavy atom. The molecule has 0 heterocycles. The zero-order valence-electron chi connectivity index (χ0n) is 10.6. The van der Waals surface area contributed by atoms with E-state index in [4.69, 9.17) is 4.74 Å². The van der Waals surface area contributed by atoms with Gasteiger partial charge in [0.2, 0.25) is 0 Å². The first-order valence-electron chi connectivity index (χ1n) is 5.83. The van der Waals surface area contributed by atoms with Gasteiger partial charge in [0.1, 0.15) is 0 Å². The average Bonchev–Trinajstić information content (AvgIpc) is 2.43. The van der Waals surface area contributed by atoms with Gasteiger partial charge in [-0.1, -0.05) is 30.3 Å². The zero-order valence-corrected chi connectivity index (χ0v) is 10.6. The maximum atomic E-state index is 11.4. The first kappa shape index (κ1) is 14.7. The molecular formula is C13H16N2O4. The van der Waals surface area contributed by atoms with Gasteiger partial charge in [-0.3, -0.25) is 14.9 Å². The molecule has 1 aromatic rings. The number of urea groups is 1. The molecule has 0 spiro atoms. The van der Waals surface area contributed by atoms with E-state index < -0.39 is 24.5 Å². The second-order valence-electron chi connectivity index (χ2n) is 3.77. The van der Waals surface area contributed by atoms with E-state index in [0.29, 0.717) is 6.42 Å². The summed E-state index contributed by atoms with van der Waals surface area (Å²) in [5.74, 6) is -1.14. The molecule has 0 atom stereocenters. The third kappa shape index (κ3) is 6.21. The fourth-order valence-electron chi connectivity index (χ4n) is 1.33. The number of imide groups is 1. The topological polar surface area (TPSA) is 84.5 Å². The highest BCUT2D eigenvalue weighted by molar-refractivity contribution is 5.95. The highest BCUT2D eigenvalue weighted by Crippen LogP contribution is 2.03. The van der Waals surface area contributed by atoms with Crippen molar-refractivity contribution >= 4 is 17.9 Å². The summed E-state index contributed by atoms with van der Waals surface area (Å²) in [6.45, 7) is -0.457. The van der Waals surface area contributed by atoms with Crippen LogP contribution in [0.15, 0.2) is 30.3 Å². The van der Waals surface area contributed by atoms with Crippen LogP contribution in [0.25, 0.3) is 0 Å². The van der Waals surface area contributed by atoms with Crippen molar-refractivity contribution in [2.24, 2.45) is 0 Å². The molecule has 0 bridgehead atoms. The van der Waals surface area contributed by atoms with Crippen molar-refractivity contribution in [3.8, 4) is 0 Å². The van der Waals surface area contributed by atoms with Gasteiger partial charge in [0, 0.05) is 13.5 Å². The van der Waals surface area contributed by atoms with Gasteiger partial charge in [0.15, 0.2) is 6.61 Å². The van der Waals surface area contributed by atoms with Gasteiger partial charge in [-0.25, -0.2) is 4.79 Å². The fourth-order valence-corrected chi connectivity index (χ4v) is 1.33. The molecule has 6 nitrogen and oxygen atoms in total. The van der Waals surface area contributed by atoms with Crippen LogP contribution in [-0.4, -0.2) is 31.6 Å². The van der Waals surface area contributed by atoms with E-state index in [0.717, 1.165) is 5.56 Å². The molecule has 0 aliphatic heterocycles. The van der Waals surface area contributed by atoms with E-state index in [1.807, 2.05) is 35.6 Å². The third-order valence-corrected chi connectivity index (χ3v) is 2.30. The Balaban J connectivity index is 2.21. The highest BCUT2D eigenvalue weighted by atomic mass is 16.5. The summed E-state index contributed by atoms with van der Waals surface area (Å²) >= 11 is 0. The van der Waals surface area contributed by atoms with Crippen LogP contribution < -0.4 is 10.6 Å². The third-order valence-electron chi connectivity index (χ3n) is 2.30. The molecule has 0 fully saturated rings. The minimum Gasteiger partial charge on any atom is -0.456 e. The lowest BCUT2D eigenvalue weighted by Gasteiger charge is -2.05. The number of carbonyl (C=O) groups is 3. The Morgan fingerprint density at radius 2 is 1.84 bits per heavy atom. The van der Waals surface area contributed by atoms with Gasteiger partial charge in [-0.15, -0.1) is 0 Å². The number of rotatable bonds is 5. The van der Waals surface area contributed by atoms with E-state index in [1.165, 1.54) is 7.05 Å². The Labute approximate surface area is 111 Å². The maximum absolute atomic E-state index is 11.4. The Hall–Kier alpha value is -2.37. The van der Waals surface area contributed by atoms with Gasteiger partial charge in [0.25, 0.3) is 5.91 Å². The minimum atomic E-state index is -0.660. The first-order valence-corrected chi connectivity index (χ1v) is 5.83. The summed E-state index contributed by atoms with van der Waals surface area (Å²) in [5, 5.41) is 4.21. The average molecular weight is 264 g/mol. The molecule has 2 N–H and O–H groups in total. The largest absolute Gasteiger partial charge is 0.456 e. The van der Waals surface area contributed by atoms with Crippen molar-refractivity contribution in [1.82, 2.24) is 10.6 Å². The molecule has 1 rings (SSSR count). The SMILES string of the molecule is CNC(=O)NC(=O)COC(=O)CCc1ccccc1. The first-order chi connectivity index (χ1) is 9.11. The van der Waals surface area contributed by atoms with Gasteiger partial charge in [-0.05, 0) is 12.0 Å². The Morgan fingerprint density at radius 1 is 1.16 bits per heavy atom. The summed E-state index contributed by atoms with van der Waals surface area (Å²) < 4.78 is 4.74. The van der Waals surface area contributed by atoms with Crippen molar-refractivity contribution in [1.29, 1.82) is 0 Å². The summed E-state index contributed by atoms with van der Waals surface area (Å²) in [4.78, 5) is 33.3. The number of aryl methyl sites for hydroxylation is 1. The Bertz CT molecular complexity index is 445. The number of benzene rings is 1. The van der Waals surface area contributed by atoms with E-state index in [2.05, 4.69) is 5.32 Å². The number of nitrogens with one attached hydrogen (secondary N) is 2. The second kappa shape index (κ2) is 7.86. The van der Waals surface area contributed by atoms with Gasteiger partial charge >= 0.3 is 12.0 Å². The lowest BCUT2D eigenvalue weighted by Crippen LogP contribution is -2.39. The predicted molar refractivity (Wildman–Crippen MR) is 68.3 cm³/mol. The maximum Gasteiger partial charge on any atom is 0.321 e. The van der Waals surface area contributed by atoms with Crippen LogP contribution in [-0.2, 0) is 20.7 Å². The van der Waals surface area contributed by atoms with Crippen molar-refractivity contribution < 1.29 is 19.1 Å². The molecule has 1 aromatic carbocycles. The van der Waals surface area contributed by atoms with Crippen molar-refractivity contribution in [2.45, 2.75) is 12.8 Å². The van der Waals surface area contributed by atoms with Crippen LogP contribution in [0.2, 0.25) is 0 Å². The molecule has 0 saturated heterocycles. The molecule has 6 heteroatoms. The fraction of sp³-hybridized carbons (Fsp3) is 0.308. The molecule has 0 aliphatic rings. The molecule has 0 aromatic heterocycles. The van der Waals surface area contributed by atoms with Crippen LogP contribution in [0.4, 0.5) is 4.79 Å². The monoisotopic (exact) mass is 264 g/mol. The molecule has 3 amide bonds. The smallest absolute Gasteiger partial charge is 0.321 e. The van der Waals surface area contributed by atoms with E-state index >= 15 is 0 Å². The molecule has 0 saturated carbocycles. The molecule has 0 aliphatic carbocycles. The van der Waals surface area contributed by atoms with Crippen LogP contribution in [0.5, 0.6) is 0 Å². The molecular weight excluding hydrogens is 248 g/mol. The summed E-state index contributed by atoms with van der Waals surface area (Å²) in [6.07, 6.45) is 0.744. The summed E-state index contributed by atoms with van der Waals surface area (Å²) in [5.41, 5.74) is 1.02. The number of hydrogen-bond acceptors (Lipinski definition) is 4. The minimum absolute atomic E-state index is 0.192. The van der Waals surface area contributed by atoms with Gasteiger partial charge in [-0.2, -0.15) is 0 Å². The number of hydrogen-bond donors (Lipinski definition) is 2. The second-order valence-corrected chi connectivity index (χ2v) is 3.77. The number of ether oxygens (including phenoxy) is 1. The van der Waals surface area contributed by atoms with Crippen LogP contribution in [0.3, 0.4) is 0 Å². The quantitative estimate of drug-likeness (QED) is 0.763. The molecule has 0 unspecified atom stereocenters. The highest BCUT2D eigenvalue weighted by Gasteiger charge is 2.09. The van der Waals surface area contributed by atoms with Crippen molar-refractivity contribution in [3.63, 3.8) is 0 Å². The van der Waals surface area contributed by atoms with Gasteiger partial charge < -0.3 is 10.1 Å².